The molecule has 144 valence electrons. The van der Waals surface area contributed by atoms with E-state index >= 15 is 0 Å². The lowest BCUT2D eigenvalue weighted by atomic mass is 10.0. The van der Waals surface area contributed by atoms with Crippen LogP contribution in [0.25, 0.3) is 11.6 Å². The highest BCUT2D eigenvalue weighted by Crippen LogP contribution is 2.34. The molecule has 0 radical (unpaired) electrons. The molecule has 28 heavy (non-hydrogen) atoms. The van der Waals surface area contributed by atoms with Gasteiger partial charge in [0.15, 0.2) is 0 Å². The van der Waals surface area contributed by atoms with Crippen LogP contribution in [0.2, 0.25) is 0 Å². The molecule has 1 aromatic carbocycles. The summed E-state index contributed by atoms with van der Waals surface area (Å²) in [5.41, 5.74) is 12.2. The van der Waals surface area contributed by atoms with E-state index in [1.807, 2.05) is 44.5 Å². The van der Waals surface area contributed by atoms with Crippen molar-refractivity contribution >= 4 is 57.2 Å². The van der Waals surface area contributed by atoms with Crippen LogP contribution in [-0.4, -0.2) is 31.8 Å². The maximum Gasteiger partial charge on any atom is 0.223 e. The van der Waals surface area contributed by atoms with Crippen LogP contribution >= 0.6 is 31.9 Å². The Morgan fingerprint density at radius 1 is 1.32 bits per heavy atom. The van der Waals surface area contributed by atoms with Gasteiger partial charge in [-0.15, -0.1) is 0 Å². The third-order valence-corrected chi connectivity index (χ3v) is 5.63. The van der Waals surface area contributed by atoms with E-state index < -0.39 is 0 Å². The van der Waals surface area contributed by atoms with E-state index in [0.717, 1.165) is 49.4 Å². The third kappa shape index (κ3) is 4.42. The highest BCUT2D eigenvalue weighted by Gasteiger charge is 2.17. The number of aromatic nitrogens is 1. The fourth-order valence-corrected chi connectivity index (χ4v) is 4.73. The van der Waals surface area contributed by atoms with Gasteiger partial charge >= 0.3 is 0 Å². The average molecular weight is 503 g/mol. The molecule has 2 N–H and O–H groups in total. The van der Waals surface area contributed by atoms with E-state index in [9.17, 15) is 0 Å². The van der Waals surface area contributed by atoms with Crippen molar-refractivity contribution in [2.75, 3.05) is 13.7 Å². The maximum absolute atomic E-state index is 5.88. The molecule has 2 aromatic rings. The first kappa shape index (κ1) is 20.9. The Morgan fingerprint density at radius 3 is 2.75 bits per heavy atom. The Labute approximate surface area is 183 Å². The Morgan fingerprint density at radius 2 is 2.11 bits per heavy atom. The van der Waals surface area contributed by atoms with Gasteiger partial charge in [-0.2, -0.15) is 0 Å². The summed E-state index contributed by atoms with van der Waals surface area (Å²) in [6.07, 6.45) is 8.96. The van der Waals surface area contributed by atoms with Crippen molar-refractivity contribution in [3.05, 3.63) is 74.1 Å². The minimum absolute atomic E-state index is 0.585. The van der Waals surface area contributed by atoms with Crippen LogP contribution in [-0.2, 0) is 0 Å². The number of nitrogens with two attached hydrogens (primary N) is 1. The normalized spacial score (nSPS) is 15.8. The number of rotatable bonds is 6. The zero-order valence-electron chi connectivity index (χ0n) is 16.2. The first-order valence-corrected chi connectivity index (χ1v) is 10.6. The summed E-state index contributed by atoms with van der Waals surface area (Å²) in [5.74, 6) is 0.794. The second-order valence-corrected chi connectivity index (χ2v) is 8.35. The number of aliphatic imine (C=N–C) groups is 1. The number of methoxy groups -OCH3 is 1. The molecule has 0 amide bonds. The average Bonchev–Trinajstić information content (AvgIpc) is 3.23. The van der Waals surface area contributed by atoms with Gasteiger partial charge in [0.2, 0.25) is 7.98 Å². The second-order valence-electron chi connectivity index (χ2n) is 6.58. The fraction of sp³-hybridized carbons (Fsp3) is 0.190. The van der Waals surface area contributed by atoms with Crippen molar-refractivity contribution in [2.24, 2.45) is 10.7 Å². The SMILES string of the molecule is Bn1cccc1/C(CCN)=C1N=C(/C=C/c2cc(Br)cc(Br)c2OC)C=C\1C. The molecule has 0 fully saturated rings. The lowest BCUT2D eigenvalue weighted by Crippen LogP contribution is -2.05. The Balaban J connectivity index is 2.00. The molecule has 1 aliphatic heterocycles. The van der Waals surface area contributed by atoms with Crippen molar-refractivity contribution in [3.8, 4) is 5.75 Å². The van der Waals surface area contributed by atoms with Crippen molar-refractivity contribution < 1.29 is 4.74 Å². The fourth-order valence-electron chi connectivity index (χ4n) is 3.31. The molecule has 0 aliphatic carbocycles. The molecule has 2 heterocycles. The Hall–Kier alpha value is -1.83. The number of hydrogen-bond acceptors (Lipinski definition) is 3. The lowest BCUT2D eigenvalue weighted by Gasteiger charge is -2.11. The molecule has 1 aliphatic rings. The summed E-state index contributed by atoms with van der Waals surface area (Å²) in [5, 5.41) is 0. The molecule has 4 nitrogen and oxygen atoms in total. The molecule has 0 bridgehead atoms. The van der Waals surface area contributed by atoms with Crippen LogP contribution in [0.5, 0.6) is 5.75 Å². The Bertz CT molecular complexity index is 1020. The summed E-state index contributed by atoms with van der Waals surface area (Å²) in [6.45, 7) is 2.68. The highest BCUT2D eigenvalue weighted by atomic mass is 79.9. The van der Waals surface area contributed by atoms with E-state index in [-0.39, 0.29) is 0 Å². The zero-order chi connectivity index (χ0) is 20.3. The number of benzene rings is 1. The van der Waals surface area contributed by atoms with Crippen molar-refractivity contribution in [3.63, 3.8) is 0 Å². The first-order chi connectivity index (χ1) is 13.4. The van der Waals surface area contributed by atoms with E-state index in [2.05, 4.69) is 55.4 Å². The molecule has 1 aromatic heterocycles. The van der Waals surface area contributed by atoms with Crippen LogP contribution in [0.4, 0.5) is 0 Å². The Kier molecular flexibility index (Phi) is 6.80. The molecule has 0 atom stereocenters. The standard InChI is InChI=1S/C21H22BBr2N3O/c1-13-10-16(6-5-14-11-15(23)12-18(24)21(14)28-2)26-20(13)17(7-8-25)19-4-3-9-27(19)22/h3-6,9-12H,7-8,22,25H2,1-2H3/b6-5+,20-17-. The number of ether oxygens (including phenoxy) is 1. The van der Waals surface area contributed by atoms with Crippen molar-refractivity contribution in [1.82, 2.24) is 4.48 Å². The van der Waals surface area contributed by atoms with Crippen molar-refractivity contribution in [2.45, 2.75) is 13.3 Å². The van der Waals surface area contributed by atoms with Gasteiger partial charge in [-0.3, -0.25) is 0 Å². The second kappa shape index (κ2) is 9.12. The molecular weight excluding hydrogens is 481 g/mol. The first-order valence-electron chi connectivity index (χ1n) is 8.98. The predicted molar refractivity (Wildman–Crippen MR) is 128 cm³/mol. The molecule has 0 unspecified atom stereocenters. The minimum atomic E-state index is 0.585. The summed E-state index contributed by atoms with van der Waals surface area (Å²) in [6, 6.07) is 8.14. The lowest BCUT2D eigenvalue weighted by molar-refractivity contribution is 0.411. The quantitative estimate of drug-likeness (QED) is 0.587. The number of nitrogens with zero attached hydrogens (tertiary/aromatic N) is 2. The van der Waals surface area contributed by atoms with Gasteiger partial charge in [0.1, 0.15) is 5.75 Å². The summed E-state index contributed by atoms with van der Waals surface area (Å²) >= 11 is 7.07. The summed E-state index contributed by atoms with van der Waals surface area (Å²) < 4.78 is 9.51. The molecule has 3 rings (SSSR count). The van der Waals surface area contributed by atoms with E-state index in [4.69, 9.17) is 15.5 Å². The third-order valence-electron chi connectivity index (χ3n) is 4.59. The van der Waals surface area contributed by atoms with Gasteiger partial charge < -0.3 is 14.9 Å². The van der Waals surface area contributed by atoms with Crippen LogP contribution in [0.15, 0.2) is 67.8 Å². The van der Waals surface area contributed by atoms with Gasteiger partial charge in [-0.05, 0) is 90.1 Å². The van der Waals surface area contributed by atoms with E-state index in [0.29, 0.717) is 6.54 Å². The largest absolute Gasteiger partial charge is 0.495 e. The highest BCUT2D eigenvalue weighted by molar-refractivity contribution is 9.11. The monoisotopic (exact) mass is 501 g/mol. The van der Waals surface area contributed by atoms with Gasteiger partial charge in [0.25, 0.3) is 0 Å². The number of hydrogen-bond donors (Lipinski definition) is 1. The molecular formula is C21H22BBr2N3O. The van der Waals surface area contributed by atoms with Crippen LogP contribution in [0.3, 0.4) is 0 Å². The van der Waals surface area contributed by atoms with E-state index in [1.165, 1.54) is 5.57 Å². The van der Waals surface area contributed by atoms with Crippen molar-refractivity contribution in [1.29, 1.82) is 0 Å². The van der Waals surface area contributed by atoms with Gasteiger partial charge in [-0.1, -0.05) is 15.9 Å². The van der Waals surface area contributed by atoms with Crippen LogP contribution in [0.1, 0.15) is 24.6 Å². The van der Waals surface area contributed by atoms with Crippen LogP contribution in [0, 0.1) is 0 Å². The summed E-state index contributed by atoms with van der Waals surface area (Å²) in [4.78, 5) is 4.88. The maximum atomic E-state index is 5.88. The topological polar surface area (TPSA) is 52.5 Å². The molecule has 0 spiro atoms. The van der Waals surface area contributed by atoms with Gasteiger partial charge in [0, 0.05) is 21.3 Å². The van der Waals surface area contributed by atoms with E-state index in [1.54, 1.807) is 7.11 Å². The molecule has 0 saturated carbocycles. The molecule has 0 saturated heterocycles. The predicted octanol–water partition coefficient (Wildman–Crippen LogP) is 4.59. The van der Waals surface area contributed by atoms with Gasteiger partial charge in [0.05, 0.1) is 23.0 Å². The van der Waals surface area contributed by atoms with Gasteiger partial charge in [-0.25, -0.2) is 4.99 Å². The smallest absolute Gasteiger partial charge is 0.223 e. The van der Waals surface area contributed by atoms with Crippen LogP contribution < -0.4 is 10.5 Å². The summed E-state index contributed by atoms with van der Waals surface area (Å²) in [7, 11) is 3.71. The zero-order valence-corrected chi connectivity index (χ0v) is 19.3. The minimum Gasteiger partial charge on any atom is -0.495 e. The molecule has 7 heteroatoms. The number of allylic oxidation sites excluding steroid dienone is 3. The number of halogens is 2.